The average Bonchev–Trinajstić information content (AvgIpc) is 2.96. The van der Waals surface area contributed by atoms with Crippen LogP contribution in [0.25, 0.3) is 0 Å². The van der Waals surface area contributed by atoms with E-state index in [1.54, 1.807) is 37.3 Å². The topological polar surface area (TPSA) is 96.0 Å². The second kappa shape index (κ2) is 13.9. The Morgan fingerprint density at radius 2 is 1.55 bits per heavy atom. The Labute approximate surface area is 235 Å². The first kappa shape index (κ1) is 30.6. The standard InChI is InChI=1S/C30H36FN3O5S/c1-5-22(3)32-30(36)28(6-2)33(20-23-12-14-24(31)15-13-23)29(35)21-34(25-10-8-7-9-11-25)40(37,38)27-18-16-26(39-4)17-19-27/h7-19,22,28H,5-6,20-21H2,1-4H3,(H,32,36)/t22-,28+/m1/s1. The molecule has 8 nitrogen and oxygen atoms in total. The van der Waals surface area contributed by atoms with Crippen molar-refractivity contribution in [3.8, 4) is 5.75 Å². The number of benzene rings is 3. The molecule has 0 radical (unpaired) electrons. The molecule has 0 saturated carbocycles. The van der Waals surface area contributed by atoms with E-state index >= 15 is 0 Å². The van der Waals surface area contributed by atoms with Gasteiger partial charge in [0.2, 0.25) is 11.8 Å². The SMILES string of the molecule is CC[C@@H](C)NC(=O)[C@H](CC)N(Cc1ccc(F)cc1)C(=O)CN(c1ccccc1)S(=O)(=O)c1ccc(OC)cc1. The first-order valence-corrected chi connectivity index (χ1v) is 14.6. The number of carbonyl (C=O) groups is 2. The largest absolute Gasteiger partial charge is 0.497 e. The maximum absolute atomic E-state index is 14.0. The Hall–Kier alpha value is -3.92. The van der Waals surface area contributed by atoms with E-state index < -0.39 is 34.3 Å². The fraction of sp³-hybridized carbons (Fsp3) is 0.333. The molecule has 1 N–H and O–H groups in total. The molecule has 3 aromatic rings. The first-order chi connectivity index (χ1) is 19.1. The number of hydrogen-bond donors (Lipinski definition) is 1. The van der Waals surface area contributed by atoms with Gasteiger partial charge in [0.25, 0.3) is 10.0 Å². The predicted molar refractivity (Wildman–Crippen MR) is 153 cm³/mol. The van der Waals surface area contributed by atoms with E-state index in [2.05, 4.69) is 5.32 Å². The van der Waals surface area contributed by atoms with Gasteiger partial charge in [0.15, 0.2) is 0 Å². The van der Waals surface area contributed by atoms with Crippen LogP contribution in [0.2, 0.25) is 0 Å². The molecule has 0 aliphatic heterocycles. The number of sulfonamides is 1. The summed E-state index contributed by atoms with van der Waals surface area (Å²) in [5, 5.41) is 2.93. The molecule has 0 bridgehead atoms. The molecule has 214 valence electrons. The van der Waals surface area contributed by atoms with E-state index in [1.807, 2.05) is 13.8 Å². The van der Waals surface area contributed by atoms with E-state index in [9.17, 15) is 22.4 Å². The number of methoxy groups -OCH3 is 1. The highest BCUT2D eigenvalue weighted by Gasteiger charge is 2.34. The summed E-state index contributed by atoms with van der Waals surface area (Å²) in [5.74, 6) is -0.845. The third-order valence-electron chi connectivity index (χ3n) is 6.62. The minimum Gasteiger partial charge on any atom is -0.497 e. The summed E-state index contributed by atoms with van der Waals surface area (Å²) in [6.45, 7) is 5.04. The Bertz CT molecular complexity index is 1370. The van der Waals surface area contributed by atoms with Gasteiger partial charge >= 0.3 is 0 Å². The lowest BCUT2D eigenvalue weighted by Gasteiger charge is -2.33. The summed E-state index contributed by atoms with van der Waals surface area (Å²) in [7, 11) is -2.70. The molecule has 0 fully saturated rings. The zero-order chi connectivity index (χ0) is 29.3. The number of halogens is 1. The summed E-state index contributed by atoms with van der Waals surface area (Å²) in [6.07, 6.45) is 1.00. The Balaban J connectivity index is 2.02. The van der Waals surface area contributed by atoms with E-state index in [4.69, 9.17) is 4.74 Å². The highest BCUT2D eigenvalue weighted by molar-refractivity contribution is 7.92. The molecule has 3 aromatic carbocycles. The van der Waals surface area contributed by atoms with Crippen molar-refractivity contribution < 1.29 is 27.1 Å². The van der Waals surface area contributed by atoms with E-state index in [0.29, 0.717) is 29.8 Å². The third kappa shape index (κ3) is 7.59. The summed E-state index contributed by atoms with van der Waals surface area (Å²) < 4.78 is 47.5. The van der Waals surface area contributed by atoms with E-state index in [1.165, 1.54) is 60.5 Å². The molecule has 0 aliphatic carbocycles. The Kier molecular flexibility index (Phi) is 10.7. The van der Waals surface area contributed by atoms with Crippen LogP contribution in [0.15, 0.2) is 83.8 Å². The molecule has 0 aromatic heterocycles. The van der Waals surface area contributed by atoms with Crippen molar-refractivity contribution in [2.75, 3.05) is 18.0 Å². The van der Waals surface area contributed by atoms with E-state index in [0.717, 1.165) is 4.31 Å². The van der Waals surface area contributed by atoms with Crippen LogP contribution in [0, 0.1) is 5.82 Å². The third-order valence-corrected chi connectivity index (χ3v) is 8.41. The molecule has 0 aliphatic rings. The van der Waals surface area contributed by atoms with Gasteiger partial charge in [0.1, 0.15) is 24.2 Å². The molecule has 0 saturated heterocycles. The lowest BCUT2D eigenvalue weighted by molar-refractivity contribution is -0.140. The lowest BCUT2D eigenvalue weighted by atomic mass is 10.1. The number of ether oxygens (including phenoxy) is 1. The van der Waals surface area contributed by atoms with Crippen molar-refractivity contribution in [2.45, 2.75) is 57.1 Å². The molecular formula is C30H36FN3O5S. The Morgan fingerprint density at radius 1 is 0.925 bits per heavy atom. The minimum atomic E-state index is -4.18. The molecule has 40 heavy (non-hydrogen) atoms. The molecule has 2 atom stereocenters. The van der Waals surface area contributed by atoms with Crippen molar-refractivity contribution in [1.29, 1.82) is 0 Å². The van der Waals surface area contributed by atoms with Gasteiger partial charge in [-0.1, -0.05) is 44.2 Å². The van der Waals surface area contributed by atoms with Crippen LogP contribution < -0.4 is 14.4 Å². The highest BCUT2D eigenvalue weighted by atomic mass is 32.2. The van der Waals surface area contributed by atoms with Gasteiger partial charge in [-0.3, -0.25) is 13.9 Å². The average molecular weight is 570 g/mol. The van der Waals surface area contributed by atoms with Gasteiger partial charge in [0, 0.05) is 12.6 Å². The fourth-order valence-corrected chi connectivity index (χ4v) is 5.56. The number of amides is 2. The highest BCUT2D eigenvalue weighted by Crippen LogP contribution is 2.26. The molecule has 2 amide bonds. The minimum absolute atomic E-state index is 0.00322. The maximum atomic E-state index is 14.0. The number of nitrogens with zero attached hydrogens (tertiary/aromatic N) is 2. The van der Waals surface area contributed by atoms with Gasteiger partial charge in [-0.2, -0.15) is 0 Å². The van der Waals surface area contributed by atoms with Gasteiger partial charge in [-0.15, -0.1) is 0 Å². The molecule has 3 rings (SSSR count). The first-order valence-electron chi connectivity index (χ1n) is 13.2. The van der Waals surface area contributed by atoms with Crippen molar-refractivity contribution in [3.63, 3.8) is 0 Å². The second-order valence-electron chi connectivity index (χ2n) is 9.41. The second-order valence-corrected chi connectivity index (χ2v) is 11.3. The fourth-order valence-electron chi connectivity index (χ4n) is 4.15. The van der Waals surface area contributed by atoms with Gasteiger partial charge in [0.05, 0.1) is 17.7 Å². The molecule has 0 unspecified atom stereocenters. The molecule has 10 heteroatoms. The van der Waals surface area contributed by atoms with Gasteiger partial charge in [-0.25, -0.2) is 12.8 Å². The number of nitrogens with one attached hydrogen (secondary N) is 1. The van der Waals surface area contributed by atoms with Crippen molar-refractivity contribution >= 4 is 27.5 Å². The number of carbonyl (C=O) groups excluding carboxylic acids is 2. The lowest BCUT2D eigenvalue weighted by Crippen LogP contribution is -2.53. The summed E-state index contributed by atoms with van der Waals surface area (Å²) in [5.41, 5.74) is 0.902. The normalized spacial score (nSPS) is 12.7. The van der Waals surface area contributed by atoms with E-state index in [-0.39, 0.29) is 23.4 Å². The Morgan fingerprint density at radius 3 is 2.10 bits per heavy atom. The smallest absolute Gasteiger partial charge is 0.264 e. The molecular weight excluding hydrogens is 533 g/mol. The van der Waals surface area contributed by atoms with Crippen LogP contribution >= 0.6 is 0 Å². The monoisotopic (exact) mass is 569 g/mol. The predicted octanol–water partition coefficient (Wildman–Crippen LogP) is 4.75. The number of hydrogen-bond acceptors (Lipinski definition) is 5. The van der Waals surface area contributed by atoms with Crippen LogP contribution in [0.1, 0.15) is 39.2 Å². The molecule has 0 heterocycles. The molecule has 0 spiro atoms. The summed E-state index contributed by atoms with van der Waals surface area (Å²) in [6, 6.07) is 18.9. The number of rotatable bonds is 13. The quantitative estimate of drug-likeness (QED) is 0.321. The van der Waals surface area contributed by atoms with Crippen molar-refractivity contribution in [3.05, 3.63) is 90.2 Å². The number of anilines is 1. The summed E-state index contributed by atoms with van der Waals surface area (Å²) in [4.78, 5) is 28.6. The van der Waals surface area contributed by atoms with Crippen molar-refractivity contribution in [1.82, 2.24) is 10.2 Å². The van der Waals surface area contributed by atoms with Crippen LogP contribution in [-0.2, 0) is 26.2 Å². The number of para-hydroxylation sites is 1. The van der Waals surface area contributed by atoms with Crippen LogP contribution in [0.4, 0.5) is 10.1 Å². The van der Waals surface area contributed by atoms with Gasteiger partial charge in [-0.05, 0) is 73.9 Å². The zero-order valence-corrected chi connectivity index (χ0v) is 24.0. The summed E-state index contributed by atoms with van der Waals surface area (Å²) >= 11 is 0. The zero-order valence-electron chi connectivity index (χ0n) is 23.2. The van der Waals surface area contributed by atoms with Crippen LogP contribution in [0.5, 0.6) is 5.75 Å². The van der Waals surface area contributed by atoms with Crippen LogP contribution in [0.3, 0.4) is 0 Å². The maximum Gasteiger partial charge on any atom is 0.264 e. The van der Waals surface area contributed by atoms with Crippen molar-refractivity contribution in [2.24, 2.45) is 0 Å². The van der Waals surface area contributed by atoms with Crippen LogP contribution in [-0.4, -0.2) is 50.9 Å². The van der Waals surface area contributed by atoms with Gasteiger partial charge < -0.3 is 15.0 Å².